The van der Waals surface area contributed by atoms with Gasteiger partial charge in [0.1, 0.15) is 5.82 Å². The van der Waals surface area contributed by atoms with Gasteiger partial charge in [0.25, 0.3) is 0 Å². The van der Waals surface area contributed by atoms with Crippen LogP contribution in [0.15, 0.2) is 12.4 Å². The molecule has 0 radical (unpaired) electrons. The molecule has 0 unspecified atom stereocenters. The maximum absolute atomic E-state index is 12.3. The largest absolute Gasteiger partial charge is 0.348 e. The number of amides is 1. The maximum Gasteiger partial charge on any atom is 0.222 e. The van der Waals surface area contributed by atoms with Crippen LogP contribution in [0.3, 0.4) is 0 Å². The van der Waals surface area contributed by atoms with E-state index in [-0.39, 0.29) is 0 Å². The van der Waals surface area contributed by atoms with E-state index in [1.165, 1.54) is 0 Å². The molecule has 0 spiro atoms. The van der Waals surface area contributed by atoms with Gasteiger partial charge in [0.05, 0.1) is 6.54 Å². The Hall–Kier alpha value is -1.01. The fourth-order valence-electron chi connectivity index (χ4n) is 3.84. The van der Waals surface area contributed by atoms with Crippen molar-refractivity contribution in [2.75, 3.05) is 31.6 Å². The summed E-state index contributed by atoms with van der Waals surface area (Å²) in [4.78, 5) is 24.5. The molecule has 1 amide bonds. The second-order valence-electron chi connectivity index (χ2n) is 6.36. The monoisotopic (exact) mass is 322 g/mol. The fraction of sp³-hybridized carbons (Fsp3) is 0.750. The standard InChI is InChI=1S/C16H26N4OS/c1-22-10-2-8-20-14-5-9-19(12-15-17-6-7-18-15)11-13(14)3-4-16(20)21/h6-7,13-14H,2-5,8-12H2,1H3,(H,17,18)/t13-,14+/m0/s1. The molecule has 3 rings (SSSR count). The number of piperidine rings is 2. The third kappa shape index (κ3) is 3.66. The zero-order valence-electron chi connectivity index (χ0n) is 13.3. The van der Waals surface area contributed by atoms with Crippen LogP contribution in [0.1, 0.15) is 31.5 Å². The number of fused-ring (bicyclic) bond motifs is 1. The molecule has 1 N–H and O–H groups in total. The molecule has 0 aromatic carbocycles. The van der Waals surface area contributed by atoms with Crippen LogP contribution >= 0.6 is 11.8 Å². The minimum absolute atomic E-state index is 0.377. The predicted octanol–water partition coefficient (Wildman–Crippen LogP) is 1.98. The first-order valence-corrected chi connectivity index (χ1v) is 9.66. The maximum atomic E-state index is 12.3. The Morgan fingerprint density at radius 3 is 3.14 bits per heavy atom. The minimum Gasteiger partial charge on any atom is -0.348 e. The van der Waals surface area contributed by atoms with Crippen molar-refractivity contribution < 1.29 is 4.79 Å². The molecule has 6 heteroatoms. The van der Waals surface area contributed by atoms with Gasteiger partial charge < -0.3 is 9.88 Å². The van der Waals surface area contributed by atoms with Crippen LogP contribution in [0.2, 0.25) is 0 Å². The number of H-pyrrole nitrogens is 1. The number of nitrogens with zero attached hydrogens (tertiary/aromatic N) is 3. The molecule has 2 fully saturated rings. The van der Waals surface area contributed by atoms with Crippen LogP contribution in [0.4, 0.5) is 0 Å². The zero-order chi connectivity index (χ0) is 15.4. The van der Waals surface area contributed by atoms with Crippen molar-refractivity contribution in [3.8, 4) is 0 Å². The van der Waals surface area contributed by atoms with Gasteiger partial charge in [-0.05, 0) is 37.2 Å². The van der Waals surface area contributed by atoms with Gasteiger partial charge in [-0.15, -0.1) is 0 Å². The van der Waals surface area contributed by atoms with Gasteiger partial charge in [-0.1, -0.05) is 0 Å². The fourth-order valence-corrected chi connectivity index (χ4v) is 4.25. The molecule has 122 valence electrons. The van der Waals surface area contributed by atoms with Crippen molar-refractivity contribution in [3.05, 3.63) is 18.2 Å². The van der Waals surface area contributed by atoms with Gasteiger partial charge in [-0.25, -0.2) is 4.98 Å². The van der Waals surface area contributed by atoms with Gasteiger partial charge in [0.15, 0.2) is 0 Å². The number of hydrogen-bond donors (Lipinski definition) is 1. The Morgan fingerprint density at radius 2 is 2.36 bits per heavy atom. The summed E-state index contributed by atoms with van der Waals surface area (Å²) in [6.45, 7) is 4.00. The molecule has 5 nitrogen and oxygen atoms in total. The molecule has 2 atom stereocenters. The first kappa shape index (κ1) is 15.9. The predicted molar refractivity (Wildman–Crippen MR) is 89.7 cm³/mol. The van der Waals surface area contributed by atoms with Gasteiger partial charge in [0, 0.05) is 44.5 Å². The van der Waals surface area contributed by atoms with Crippen LogP contribution in [0.5, 0.6) is 0 Å². The van der Waals surface area contributed by atoms with Crippen molar-refractivity contribution in [2.24, 2.45) is 5.92 Å². The van der Waals surface area contributed by atoms with Gasteiger partial charge in [-0.2, -0.15) is 11.8 Å². The molecule has 1 aromatic rings. The Labute approximate surface area is 136 Å². The number of imidazole rings is 1. The molecule has 2 aliphatic rings. The van der Waals surface area contributed by atoms with Crippen LogP contribution in [-0.4, -0.2) is 63.4 Å². The van der Waals surface area contributed by atoms with E-state index in [1.54, 1.807) is 0 Å². The Kier molecular flexibility index (Phi) is 5.41. The molecule has 0 saturated carbocycles. The summed E-state index contributed by atoms with van der Waals surface area (Å²) in [5.41, 5.74) is 0. The summed E-state index contributed by atoms with van der Waals surface area (Å²) in [5.74, 6) is 3.20. The van der Waals surface area contributed by atoms with Crippen LogP contribution in [-0.2, 0) is 11.3 Å². The summed E-state index contributed by atoms with van der Waals surface area (Å²) < 4.78 is 0. The Bertz CT molecular complexity index is 479. The molecule has 1 aromatic heterocycles. The molecular formula is C16H26N4OS. The quantitative estimate of drug-likeness (QED) is 0.814. The van der Waals surface area contributed by atoms with Crippen LogP contribution in [0, 0.1) is 5.92 Å². The highest BCUT2D eigenvalue weighted by atomic mass is 32.2. The van der Waals surface area contributed by atoms with E-state index in [1.807, 2.05) is 24.2 Å². The highest BCUT2D eigenvalue weighted by Gasteiger charge is 2.38. The average Bonchev–Trinajstić information content (AvgIpc) is 3.02. The van der Waals surface area contributed by atoms with E-state index in [0.29, 0.717) is 17.9 Å². The van der Waals surface area contributed by atoms with E-state index in [2.05, 4.69) is 26.0 Å². The highest BCUT2D eigenvalue weighted by Crippen LogP contribution is 2.31. The number of thioether (sulfide) groups is 1. The summed E-state index contributed by atoms with van der Waals surface area (Å²) in [6.07, 6.45) is 9.84. The molecule has 3 heterocycles. The van der Waals surface area contributed by atoms with Crippen LogP contribution in [0.25, 0.3) is 0 Å². The van der Waals surface area contributed by atoms with E-state index in [0.717, 1.165) is 63.4 Å². The normalized spacial score (nSPS) is 26.2. The molecule has 2 saturated heterocycles. The molecule has 22 heavy (non-hydrogen) atoms. The Balaban J connectivity index is 1.57. The molecule has 0 bridgehead atoms. The number of rotatable bonds is 6. The third-order valence-corrected chi connectivity index (χ3v) is 5.60. The number of aromatic amines is 1. The van der Waals surface area contributed by atoms with E-state index < -0.39 is 0 Å². The van der Waals surface area contributed by atoms with E-state index in [4.69, 9.17) is 0 Å². The summed E-state index contributed by atoms with van der Waals surface area (Å²) in [6, 6.07) is 0.468. The van der Waals surface area contributed by atoms with Gasteiger partial charge >= 0.3 is 0 Å². The Morgan fingerprint density at radius 1 is 1.45 bits per heavy atom. The lowest BCUT2D eigenvalue weighted by molar-refractivity contribution is -0.141. The third-order valence-electron chi connectivity index (χ3n) is 4.90. The number of carbonyl (C=O) groups excluding carboxylic acids is 1. The number of nitrogens with one attached hydrogen (secondary N) is 1. The summed E-state index contributed by atoms with van der Waals surface area (Å²) in [5, 5.41) is 0. The average molecular weight is 322 g/mol. The van der Waals surface area contributed by atoms with Crippen molar-refractivity contribution in [1.82, 2.24) is 19.8 Å². The topological polar surface area (TPSA) is 52.2 Å². The van der Waals surface area contributed by atoms with E-state index >= 15 is 0 Å². The van der Waals surface area contributed by atoms with Gasteiger partial charge in [0.2, 0.25) is 5.91 Å². The summed E-state index contributed by atoms with van der Waals surface area (Å²) in [7, 11) is 0. The second kappa shape index (κ2) is 7.51. The van der Waals surface area contributed by atoms with Crippen LogP contribution < -0.4 is 0 Å². The van der Waals surface area contributed by atoms with Crippen molar-refractivity contribution in [2.45, 2.75) is 38.3 Å². The molecule has 0 aliphatic carbocycles. The van der Waals surface area contributed by atoms with Crippen molar-refractivity contribution >= 4 is 17.7 Å². The van der Waals surface area contributed by atoms with Crippen molar-refractivity contribution in [1.29, 1.82) is 0 Å². The SMILES string of the molecule is CSCCCN1C(=O)CC[C@H]2CN(Cc3ncc[nH]3)CC[C@H]21. The number of likely N-dealkylation sites (tertiary alicyclic amines) is 2. The van der Waals surface area contributed by atoms with E-state index in [9.17, 15) is 4.79 Å². The lowest BCUT2D eigenvalue weighted by atomic mass is 9.83. The number of carbonyl (C=O) groups is 1. The van der Waals surface area contributed by atoms with Gasteiger partial charge in [-0.3, -0.25) is 9.69 Å². The molecular weight excluding hydrogens is 296 g/mol. The summed E-state index contributed by atoms with van der Waals surface area (Å²) >= 11 is 1.87. The molecule has 2 aliphatic heterocycles. The smallest absolute Gasteiger partial charge is 0.222 e. The van der Waals surface area contributed by atoms with Crippen molar-refractivity contribution in [3.63, 3.8) is 0 Å². The number of hydrogen-bond acceptors (Lipinski definition) is 4. The number of aromatic nitrogens is 2. The lowest BCUT2D eigenvalue weighted by Crippen LogP contribution is -2.56. The first-order valence-electron chi connectivity index (χ1n) is 8.27. The minimum atomic E-state index is 0.377. The highest BCUT2D eigenvalue weighted by molar-refractivity contribution is 7.98. The lowest BCUT2D eigenvalue weighted by Gasteiger charge is -2.47. The zero-order valence-corrected chi connectivity index (χ0v) is 14.1. The second-order valence-corrected chi connectivity index (χ2v) is 7.34. The first-order chi connectivity index (χ1) is 10.8.